The van der Waals surface area contributed by atoms with E-state index in [0.717, 1.165) is 0 Å². The van der Waals surface area contributed by atoms with E-state index in [2.05, 4.69) is 26.5 Å². The van der Waals surface area contributed by atoms with Gasteiger partial charge in [-0.3, -0.25) is 4.79 Å². The van der Waals surface area contributed by atoms with Gasteiger partial charge in [-0.25, -0.2) is 5.43 Å². The summed E-state index contributed by atoms with van der Waals surface area (Å²) >= 11 is 9.18. The fourth-order valence-electron chi connectivity index (χ4n) is 1.70. The maximum atomic E-state index is 12.0. The average molecular weight is 368 g/mol. The summed E-state index contributed by atoms with van der Waals surface area (Å²) in [6, 6.07) is 11.7. The number of amides is 1. The molecule has 2 aromatic rings. The van der Waals surface area contributed by atoms with Crippen LogP contribution in [0.15, 0.2) is 52.0 Å². The van der Waals surface area contributed by atoms with Gasteiger partial charge in [-0.2, -0.15) is 5.10 Å². The molecule has 0 radical (unpaired) electrons. The number of rotatable bonds is 3. The van der Waals surface area contributed by atoms with E-state index in [1.54, 1.807) is 37.3 Å². The largest absolute Gasteiger partial charge is 0.507 e. The van der Waals surface area contributed by atoms with Crippen molar-refractivity contribution in [2.45, 2.75) is 6.92 Å². The van der Waals surface area contributed by atoms with Crippen LogP contribution in [0.4, 0.5) is 0 Å². The third-order valence-corrected chi connectivity index (χ3v) is 3.72. The second-order valence-electron chi connectivity index (χ2n) is 4.28. The number of carbonyl (C=O) groups excluding carboxylic acids is 1. The smallest absolute Gasteiger partial charge is 0.272 e. The van der Waals surface area contributed by atoms with Gasteiger partial charge in [0.25, 0.3) is 5.91 Å². The maximum Gasteiger partial charge on any atom is 0.272 e. The third-order valence-electron chi connectivity index (χ3n) is 2.79. The zero-order chi connectivity index (χ0) is 15.4. The number of phenolic OH excluding ortho intramolecular Hbond substituents is 1. The van der Waals surface area contributed by atoms with Crippen molar-refractivity contribution in [1.29, 1.82) is 0 Å². The Morgan fingerprint density at radius 1 is 1.24 bits per heavy atom. The van der Waals surface area contributed by atoms with Crippen LogP contribution in [0.25, 0.3) is 0 Å². The molecule has 21 heavy (non-hydrogen) atoms. The second kappa shape index (κ2) is 6.74. The normalized spacial score (nSPS) is 11.3. The van der Waals surface area contributed by atoms with Crippen LogP contribution in [-0.2, 0) is 0 Å². The van der Waals surface area contributed by atoms with Gasteiger partial charge in [0.2, 0.25) is 0 Å². The number of halogens is 2. The molecule has 6 heteroatoms. The van der Waals surface area contributed by atoms with Crippen molar-refractivity contribution in [3.05, 3.63) is 63.1 Å². The van der Waals surface area contributed by atoms with E-state index < -0.39 is 0 Å². The summed E-state index contributed by atoms with van der Waals surface area (Å²) in [5.74, 6) is -0.292. The van der Waals surface area contributed by atoms with Crippen LogP contribution in [0.5, 0.6) is 5.75 Å². The summed E-state index contributed by atoms with van der Waals surface area (Å²) in [7, 11) is 0. The summed E-state index contributed by atoms with van der Waals surface area (Å²) in [6.07, 6.45) is 0. The molecule has 0 aliphatic heterocycles. The van der Waals surface area contributed by atoms with Gasteiger partial charge in [0.1, 0.15) is 5.75 Å². The van der Waals surface area contributed by atoms with Gasteiger partial charge in [-0.1, -0.05) is 23.7 Å². The molecule has 2 N–H and O–H groups in total. The van der Waals surface area contributed by atoms with E-state index in [9.17, 15) is 9.90 Å². The molecule has 0 aliphatic rings. The summed E-state index contributed by atoms with van der Waals surface area (Å²) < 4.78 is 0.681. The first-order chi connectivity index (χ1) is 9.99. The predicted octanol–water partition coefficient (Wildman–Crippen LogP) is 3.96. The zero-order valence-corrected chi connectivity index (χ0v) is 13.4. The van der Waals surface area contributed by atoms with Crippen LogP contribution < -0.4 is 5.43 Å². The first-order valence-electron chi connectivity index (χ1n) is 6.07. The van der Waals surface area contributed by atoms with E-state index in [1.807, 2.05) is 6.07 Å². The monoisotopic (exact) mass is 366 g/mol. The van der Waals surface area contributed by atoms with Crippen molar-refractivity contribution < 1.29 is 9.90 Å². The lowest BCUT2D eigenvalue weighted by atomic mass is 10.1. The molecule has 0 saturated carbocycles. The Bertz CT molecular complexity index is 717. The highest BCUT2D eigenvalue weighted by Gasteiger charge is 2.10. The van der Waals surface area contributed by atoms with E-state index in [0.29, 0.717) is 26.3 Å². The number of carbonyl (C=O) groups is 1. The van der Waals surface area contributed by atoms with Crippen LogP contribution in [0.1, 0.15) is 22.8 Å². The molecule has 1 amide bonds. The quantitative estimate of drug-likeness (QED) is 0.637. The molecule has 0 saturated heterocycles. The van der Waals surface area contributed by atoms with Gasteiger partial charge in [-0.15, -0.1) is 0 Å². The molecule has 108 valence electrons. The van der Waals surface area contributed by atoms with Crippen LogP contribution in [0.3, 0.4) is 0 Å². The lowest BCUT2D eigenvalue weighted by Crippen LogP contribution is -2.19. The van der Waals surface area contributed by atoms with Crippen LogP contribution >= 0.6 is 27.5 Å². The Morgan fingerprint density at radius 2 is 1.95 bits per heavy atom. The Hall–Kier alpha value is -1.85. The summed E-state index contributed by atoms with van der Waals surface area (Å²) in [5, 5.41) is 14.2. The minimum absolute atomic E-state index is 0.0517. The summed E-state index contributed by atoms with van der Waals surface area (Å²) in [6.45, 7) is 1.67. The van der Waals surface area contributed by atoms with E-state index in [4.69, 9.17) is 11.6 Å². The van der Waals surface area contributed by atoms with E-state index >= 15 is 0 Å². The van der Waals surface area contributed by atoms with Gasteiger partial charge >= 0.3 is 0 Å². The minimum Gasteiger partial charge on any atom is -0.507 e. The number of hydrogen-bond acceptors (Lipinski definition) is 3. The number of benzene rings is 2. The van der Waals surface area contributed by atoms with E-state index in [-0.39, 0.29) is 11.7 Å². The van der Waals surface area contributed by atoms with Crippen LogP contribution in [0, 0.1) is 0 Å². The predicted molar refractivity (Wildman–Crippen MR) is 86.9 cm³/mol. The van der Waals surface area contributed by atoms with Crippen molar-refractivity contribution in [3.8, 4) is 5.75 Å². The van der Waals surface area contributed by atoms with Gasteiger partial charge < -0.3 is 5.11 Å². The number of nitrogens with zero attached hydrogens (tertiary/aromatic N) is 1. The molecule has 4 nitrogen and oxygen atoms in total. The molecule has 0 spiro atoms. The molecule has 2 rings (SSSR count). The van der Waals surface area contributed by atoms with E-state index in [1.165, 1.54) is 6.07 Å². The second-order valence-corrected chi connectivity index (χ2v) is 5.57. The Labute approximate surface area is 135 Å². The van der Waals surface area contributed by atoms with Crippen LogP contribution in [-0.4, -0.2) is 16.7 Å². The van der Waals surface area contributed by atoms with Gasteiger partial charge in [0.05, 0.1) is 11.3 Å². The first-order valence-corrected chi connectivity index (χ1v) is 7.24. The molecule has 0 heterocycles. The van der Waals surface area contributed by atoms with Crippen LogP contribution in [0.2, 0.25) is 5.02 Å². The molecule has 0 unspecified atom stereocenters. The topological polar surface area (TPSA) is 61.7 Å². The SMILES string of the molecule is CC(=NNC(=O)c1ccccc1Br)c1cc(Cl)ccc1O. The molecule has 0 bridgehead atoms. The molecule has 0 aromatic heterocycles. The lowest BCUT2D eigenvalue weighted by Gasteiger charge is -2.06. The maximum absolute atomic E-state index is 12.0. The molecule has 0 fully saturated rings. The fourth-order valence-corrected chi connectivity index (χ4v) is 2.34. The van der Waals surface area contributed by atoms with Crippen molar-refractivity contribution in [1.82, 2.24) is 5.43 Å². The highest BCUT2D eigenvalue weighted by molar-refractivity contribution is 9.10. The third kappa shape index (κ3) is 3.83. The van der Waals surface area contributed by atoms with Crippen molar-refractivity contribution in [2.24, 2.45) is 5.10 Å². The molecular weight excluding hydrogens is 356 g/mol. The molecule has 0 atom stereocenters. The minimum atomic E-state index is -0.344. The Balaban J connectivity index is 2.19. The van der Waals surface area contributed by atoms with Crippen molar-refractivity contribution in [3.63, 3.8) is 0 Å². The van der Waals surface area contributed by atoms with Gasteiger partial charge in [0, 0.05) is 15.1 Å². The number of phenols is 1. The lowest BCUT2D eigenvalue weighted by molar-refractivity contribution is 0.0954. The Morgan fingerprint density at radius 3 is 2.67 bits per heavy atom. The number of hydrazone groups is 1. The summed E-state index contributed by atoms with van der Waals surface area (Å²) in [5.41, 5.74) is 3.85. The van der Waals surface area contributed by atoms with Crippen molar-refractivity contribution in [2.75, 3.05) is 0 Å². The standard InChI is InChI=1S/C15H12BrClN2O2/c1-9(12-8-10(17)6-7-14(12)20)18-19-15(21)11-4-2-3-5-13(11)16/h2-8,20H,1H3,(H,19,21). The molecule has 2 aromatic carbocycles. The van der Waals surface area contributed by atoms with Gasteiger partial charge in [0.15, 0.2) is 0 Å². The average Bonchev–Trinajstić information content (AvgIpc) is 2.47. The number of hydrogen-bond donors (Lipinski definition) is 2. The molecule has 0 aliphatic carbocycles. The Kier molecular flexibility index (Phi) is 4.98. The highest BCUT2D eigenvalue weighted by Crippen LogP contribution is 2.22. The first kappa shape index (κ1) is 15.5. The highest BCUT2D eigenvalue weighted by atomic mass is 79.9. The number of nitrogens with one attached hydrogen (secondary N) is 1. The fraction of sp³-hybridized carbons (Fsp3) is 0.0667. The summed E-state index contributed by atoms with van der Waals surface area (Å²) in [4.78, 5) is 12.0. The zero-order valence-electron chi connectivity index (χ0n) is 11.1. The molecular formula is C15H12BrClN2O2. The number of aromatic hydroxyl groups is 1. The van der Waals surface area contributed by atoms with Crippen molar-refractivity contribution >= 4 is 39.1 Å². The van der Waals surface area contributed by atoms with Gasteiger partial charge in [-0.05, 0) is 53.2 Å².